The maximum Gasteiger partial charge on any atom is 0.166 e. The van der Waals surface area contributed by atoms with Gasteiger partial charge in [0.05, 0.1) is 0 Å². The Morgan fingerprint density at radius 3 is 2.36 bits per heavy atom. The number of phenols is 2. The second-order valence-corrected chi connectivity index (χ2v) is 5.66. The minimum atomic E-state index is -0.0753. The molecule has 0 amide bonds. The third-order valence-electron chi connectivity index (χ3n) is 3.91. The van der Waals surface area contributed by atoms with Crippen LogP contribution in [0.5, 0.6) is 11.5 Å². The van der Waals surface area contributed by atoms with Crippen molar-refractivity contribution in [1.82, 2.24) is 4.90 Å². The Labute approximate surface area is 140 Å². The van der Waals surface area contributed by atoms with Crippen LogP contribution < -0.4 is 0 Å². The molecule has 0 bridgehead atoms. The van der Waals surface area contributed by atoms with Crippen LogP contribution in [0.4, 0.5) is 0 Å². The zero-order chi connectivity index (χ0) is 15.0. The molecule has 0 spiro atoms. The van der Waals surface area contributed by atoms with Crippen molar-refractivity contribution in [3.05, 3.63) is 48.0 Å². The number of rotatable bonds is 3. The number of fused-ring (bicyclic) bond motifs is 3. The van der Waals surface area contributed by atoms with Gasteiger partial charge in [-0.3, -0.25) is 0 Å². The van der Waals surface area contributed by atoms with Crippen molar-refractivity contribution in [1.29, 1.82) is 0 Å². The Morgan fingerprint density at radius 1 is 0.909 bits per heavy atom. The molecule has 116 valence electrons. The minimum Gasteiger partial charge on any atom is -0.504 e. The van der Waals surface area contributed by atoms with Crippen molar-refractivity contribution in [2.75, 3.05) is 20.6 Å². The van der Waals surface area contributed by atoms with E-state index in [-0.39, 0.29) is 28.5 Å². The smallest absolute Gasteiger partial charge is 0.166 e. The summed E-state index contributed by atoms with van der Waals surface area (Å²) in [6.45, 7) is 0.975. The first-order valence-electron chi connectivity index (χ1n) is 7.08. The van der Waals surface area contributed by atoms with Crippen LogP contribution in [0.1, 0.15) is 5.56 Å². The summed E-state index contributed by atoms with van der Waals surface area (Å²) in [5.74, 6) is -0.114. The van der Waals surface area contributed by atoms with Gasteiger partial charge in [-0.25, -0.2) is 0 Å². The molecule has 0 saturated heterocycles. The van der Waals surface area contributed by atoms with Crippen molar-refractivity contribution < 1.29 is 10.2 Å². The summed E-state index contributed by atoms with van der Waals surface area (Å²) in [7, 11) is 4.12. The van der Waals surface area contributed by atoms with E-state index in [4.69, 9.17) is 0 Å². The summed E-state index contributed by atoms with van der Waals surface area (Å²) < 4.78 is 0. The van der Waals surface area contributed by atoms with E-state index >= 15 is 0 Å². The van der Waals surface area contributed by atoms with E-state index in [1.807, 2.05) is 24.3 Å². The number of nitrogens with zero attached hydrogens (tertiary/aromatic N) is 1. The van der Waals surface area contributed by atoms with Gasteiger partial charge in [0.15, 0.2) is 11.5 Å². The molecule has 3 aromatic carbocycles. The molecule has 0 fully saturated rings. The molecule has 0 aromatic heterocycles. The van der Waals surface area contributed by atoms with Crippen molar-refractivity contribution in [2.24, 2.45) is 0 Å². The molecule has 0 aliphatic carbocycles. The predicted molar refractivity (Wildman–Crippen MR) is 97.4 cm³/mol. The first-order chi connectivity index (χ1) is 10.1. The lowest BCUT2D eigenvalue weighted by molar-refractivity contribution is 0.408. The number of benzene rings is 3. The second kappa shape index (κ2) is 6.55. The molecule has 4 heteroatoms. The number of halogens is 1. The fourth-order valence-electron chi connectivity index (χ4n) is 2.78. The molecular formula is C18H20BrNO2. The van der Waals surface area contributed by atoms with Gasteiger partial charge in [0.25, 0.3) is 0 Å². The van der Waals surface area contributed by atoms with E-state index in [9.17, 15) is 10.2 Å². The minimum absolute atomic E-state index is 0. The maximum atomic E-state index is 10.2. The molecule has 3 rings (SSSR count). The lowest BCUT2D eigenvalue weighted by Gasteiger charge is -2.13. The Kier molecular flexibility index (Phi) is 4.94. The normalized spacial score (nSPS) is 11.0. The quantitative estimate of drug-likeness (QED) is 0.545. The standard InChI is InChI=1S/C18H19NO2.BrH/c1-19(2)11-10-12-4-3-5-15-14(12)8-6-13-7-9-16(20)18(21)17(13)15;/h3-9,20-21H,10-11H2,1-2H3;1H. The van der Waals surface area contributed by atoms with E-state index < -0.39 is 0 Å². The lowest BCUT2D eigenvalue weighted by atomic mass is 9.96. The lowest BCUT2D eigenvalue weighted by Crippen LogP contribution is -2.15. The number of likely N-dealkylation sites (N-methyl/N-ethyl adjacent to an activating group) is 1. The van der Waals surface area contributed by atoms with Crippen LogP contribution in [0.3, 0.4) is 0 Å². The first kappa shape index (κ1) is 16.6. The average molecular weight is 362 g/mol. The van der Waals surface area contributed by atoms with Gasteiger partial charge in [-0.15, -0.1) is 17.0 Å². The van der Waals surface area contributed by atoms with Crippen molar-refractivity contribution in [3.63, 3.8) is 0 Å². The maximum absolute atomic E-state index is 10.2. The average Bonchev–Trinajstić information content (AvgIpc) is 2.48. The van der Waals surface area contributed by atoms with Gasteiger partial charge in [0.2, 0.25) is 0 Å². The van der Waals surface area contributed by atoms with Gasteiger partial charge in [0.1, 0.15) is 0 Å². The number of aromatic hydroxyl groups is 2. The fourth-order valence-corrected chi connectivity index (χ4v) is 2.78. The topological polar surface area (TPSA) is 43.7 Å². The van der Waals surface area contributed by atoms with E-state index in [1.54, 1.807) is 0 Å². The molecule has 22 heavy (non-hydrogen) atoms. The van der Waals surface area contributed by atoms with Crippen LogP contribution >= 0.6 is 17.0 Å². The molecule has 0 radical (unpaired) electrons. The van der Waals surface area contributed by atoms with E-state index in [0.29, 0.717) is 0 Å². The SMILES string of the molecule is Br.CN(C)CCc1cccc2c1ccc1ccc(O)c(O)c12. The highest BCUT2D eigenvalue weighted by Gasteiger charge is 2.11. The van der Waals surface area contributed by atoms with Gasteiger partial charge >= 0.3 is 0 Å². The van der Waals surface area contributed by atoms with Crippen molar-refractivity contribution in [2.45, 2.75) is 6.42 Å². The molecule has 0 unspecified atom stereocenters. The summed E-state index contributed by atoms with van der Waals surface area (Å²) >= 11 is 0. The summed E-state index contributed by atoms with van der Waals surface area (Å²) in [5, 5.41) is 23.7. The van der Waals surface area contributed by atoms with Crippen LogP contribution in [0, 0.1) is 0 Å². The van der Waals surface area contributed by atoms with Gasteiger partial charge in [-0.05, 0) is 48.3 Å². The Balaban J connectivity index is 0.00000176. The number of hydrogen-bond donors (Lipinski definition) is 2. The van der Waals surface area contributed by atoms with Crippen molar-refractivity contribution in [3.8, 4) is 11.5 Å². The van der Waals surface area contributed by atoms with Gasteiger partial charge in [-0.1, -0.05) is 36.4 Å². The molecule has 0 atom stereocenters. The summed E-state index contributed by atoms with van der Waals surface area (Å²) in [5.41, 5.74) is 1.26. The third kappa shape index (κ3) is 2.89. The van der Waals surface area contributed by atoms with E-state index in [1.165, 1.54) is 11.6 Å². The van der Waals surface area contributed by atoms with E-state index in [0.717, 1.165) is 34.5 Å². The van der Waals surface area contributed by atoms with Crippen LogP contribution in [0.2, 0.25) is 0 Å². The Morgan fingerprint density at radius 2 is 1.64 bits per heavy atom. The highest BCUT2D eigenvalue weighted by atomic mass is 79.9. The number of hydrogen-bond acceptors (Lipinski definition) is 3. The highest BCUT2D eigenvalue weighted by Crippen LogP contribution is 2.38. The zero-order valence-corrected chi connectivity index (χ0v) is 14.4. The van der Waals surface area contributed by atoms with Crippen LogP contribution in [-0.2, 0) is 6.42 Å². The number of phenolic OH excluding ortho intramolecular Hbond substituents is 2. The van der Waals surface area contributed by atoms with Crippen LogP contribution in [-0.4, -0.2) is 35.8 Å². The molecule has 3 nitrogen and oxygen atoms in total. The predicted octanol–water partition coefficient (Wildman–Crippen LogP) is 4.09. The Bertz CT molecular complexity index is 815. The molecule has 0 aliphatic heterocycles. The summed E-state index contributed by atoms with van der Waals surface area (Å²) in [6, 6.07) is 13.6. The van der Waals surface area contributed by atoms with Gasteiger partial charge in [-0.2, -0.15) is 0 Å². The Hall–Kier alpha value is -1.78. The largest absolute Gasteiger partial charge is 0.504 e. The first-order valence-corrected chi connectivity index (χ1v) is 7.08. The highest BCUT2D eigenvalue weighted by molar-refractivity contribution is 8.93. The van der Waals surface area contributed by atoms with Gasteiger partial charge in [0, 0.05) is 11.9 Å². The summed E-state index contributed by atoms with van der Waals surface area (Å²) in [6.07, 6.45) is 0.954. The van der Waals surface area contributed by atoms with Crippen LogP contribution in [0.15, 0.2) is 42.5 Å². The molecule has 3 aromatic rings. The second-order valence-electron chi connectivity index (χ2n) is 5.66. The fraction of sp³-hybridized carbons (Fsp3) is 0.222. The van der Waals surface area contributed by atoms with Crippen molar-refractivity contribution >= 4 is 38.5 Å². The molecular weight excluding hydrogens is 342 g/mol. The van der Waals surface area contributed by atoms with Crippen LogP contribution in [0.25, 0.3) is 21.5 Å². The molecule has 2 N–H and O–H groups in total. The molecule has 0 aliphatic rings. The van der Waals surface area contributed by atoms with E-state index in [2.05, 4.69) is 31.1 Å². The molecule has 0 heterocycles. The monoisotopic (exact) mass is 361 g/mol. The molecule has 0 saturated carbocycles. The zero-order valence-electron chi connectivity index (χ0n) is 12.7. The van der Waals surface area contributed by atoms with Gasteiger partial charge < -0.3 is 15.1 Å². The summed E-state index contributed by atoms with van der Waals surface area (Å²) in [4.78, 5) is 2.16. The third-order valence-corrected chi connectivity index (χ3v) is 3.91.